The zero-order valence-electron chi connectivity index (χ0n) is 17.8. The van der Waals surface area contributed by atoms with Crippen LogP contribution in [-0.4, -0.2) is 39.7 Å². The summed E-state index contributed by atoms with van der Waals surface area (Å²) in [6, 6.07) is 14.8. The molecule has 0 radical (unpaired) electrons. The highest BCUT2D eigenvalue weighted by Gasteiger charge is 2.37. The monoisotopic (exact) mass is 446 g/mol. The van der Waals surface area contributed by atoms with Gasteiger partial charge in [-0.1, -0.05) is 36.4 Å². The second kappa shape index (κ2) is 8.88. The number of para-hydroxylation sites is 1. The first kappa shape index (κ1) is 21.6. The molecule has 162 valence electrons. The van der Waals surface area contributed by atoms with Crippen molar-refractivity contribution in [1.29, 1.82) is 0 Å². The molecule has 0 bridgehead atoms. The van der Waals surface area contributed by atoms with Crippen LogP contribution in [0.4, 0.5) is 4.79 Å². The maximum atomic E-state index is 12.8. The summed E-state index contributed by atoms with van der Waals surface area (Å²) >= 11 is 0.940. The van der Waals surface area contributed by atoms with Gasteiger partial charge in [-0.2, -0.15) is 0 Å². The first-order chi connectivity index (χ1) is 15.4. The van der Waals surface area contributed by atoms with Crippen molar-refractivity contribution in [2.45, 2.75) is 19.5 Å². The number of imide groups is 1. The zero-order chi connectivity index (χ0) is 22.8. The van der Waals surface area contributed by atoms with Crippen molar-refractivity contribution in [2.24, 2.45) is 0 Å². The molecule has 3 aromatic rings. The number of aromatic nitrogens is 1. The number of carbonyl (C=O) groups excluding carboxylic acids is 3. The van der Waals surface area contributed by atoms with E-state index in [-0.39, 0.29) is 23.2 Å². The van der Waals surface area contributed by atoms with Gasteiger partial charge in [0.25, 0.3) is 11.1 Å². The number of nitrogens with zero attached hydrogens (tertiary/aromatic N) is 2. The maximum Gasteiger partial charge on any atom is 0.337 e. The molecular weight excluding hydrogens is 424 g/mol. The van der Waals surface area contributed by atoms with Gasteiger partial charge in [-0.15, -0.1) is 6.58 Å². The number of benzene rings is 2. The van der Waals surface area contributed by atoms with Gasteiger partial charge in [0.15, 0.2) is 0 Å². The molecule has 32 heavy (non-hydrogen) atoms. The van der Waals surface area contributed by atoms with Gasteiger partial charge in [0, 0.05) is 29.2 Å². The highest BCUT2D eigenvalue weighted by molar-refractivity contribution is 8.18. The third-order valence-electron chi connectivity index (χ3n) is 5.38. The lowest BCUT2D eigenvalue weighted by Crippen LogP contribution is -2.35. The van der Waals surface area contributed by atoms with Gasteiger partial charge in [-0.25, -0.2) is 4.79 Å². The molecule has 2 amide bonds. The number of hydrogen-bond acceptors (Lipinski definition) is 5. The molecule has 1 aliphatic rings. The molecule has 2 heterocycles. The molecule has 2 aromatic carbocycles. The Bertz CT molecular complexity index is 1270. The Balaban J connectivity index is 1.71. The third kappa shape index (κ3) is 3.99. The molecule has 6 nitrogen and oxygen atoms in total. The van der Waals surface area contributed by atoms with E-state index >= 15 is 0 Å². The molecule has 1 aliphatic heterocycles. The first-order valence-corrected chi connectivity index (χ1v) is 10.9. The fraction of sp³-hybridized carbons (Fsp3) is 0.160. The largest absolute Gasteiger partial charge is 0.465 e. The van der Waals surface area contributed by atoms with Crippen LogP contribution < -0.4 is 0 Å². The second-order valence-corrected chi connectivity index (χ2v) is 8.44. The lowest BCUT2D eigenvalue weighted by Gasteiger charge is -2.17. The highest BCUT2D eigenvalue weighted by atomic mass is 32.2. The molecule has 0 aliphatic carbocycles. The smallest absolute Gasteiger partial charge is 0.337 e. The van der Waals surface area contributed by atoms with Gasteiger partial charge < -0.3 is 9.30 Å². The lowest BCUT2D eigenvalue weighted by atomic mass is 10.1. The number of hydrogen-bond donors (Lipinski definition) is 0. The summed E-state index contributed by atoms with van der Waals surface area (Å²) in [4.78, 5) is 38.6. The molecule has 1 atom stereocenters. The summed E-state index contributed by atoms with van der Waals surface area (Å²) in [6.45, 7) is 5.98. The highest BCUT2D eigenvalue weighted by Crippen LogP contribution is 2.35. The number of esters is 1. The number of fused-ring (bicyclic) bond motifs is 1. The fourth-order valence-electron chi connectivity index (χ4n) is 3.71. The number of rotatable bonds is 6. The van der Waals surface area contributed by atoms with Crippen LogP contribution in [0.15, 0.2) is 72.3 Å². The van der Waals surface area contributed by atoms with Crippen molar-refractivity contribution in [1.82, 2.24) is 9.47 Å². The summed E-state index contributed by atoms with van der Waals surface area (Å²) in [7, 11) is 1.36. The van der Waals surface area contributed by atoms with Crippen LogP contribution in [0.1, 0.15) is 28.4 Å². The molecule has 7 heteroatoms. The predicted octanol–water partition coefficient (Wildman–Crippen LogP) is 5.09. The quantitative estimate of drug-likeness (QED) is 0.300. The molecular formula is C25H22N2O4S. The number of ether oxygens (including phenoxy) is 1. The van der Waals surface area contributed by atoms with E-state index < -0.39 is 0 Å². The van der Waals surface area contributed by atoms with Crippen molar-refractivity contribution in [3.05, 3.63) is 89.0 Å². The summed E-state index contributed by atoms with van der Waals surface area (Å²) < 4.78 is 6.88. The number of thioether (sulfide) groups is 1. The van der Waals surface area contributed by atoms with E-state index in [1.807, 2.05) is 48.7 Å². The first-order valence-electron chi connectivity index (χ1n) is 10.1. The van der Waals surface area contributed by atoms with E-state index in [1.54, 1.807) is 25.1 Å². The van der Waals surface area contributed by atoms with E-state index in [9.17, 15) is 14.4 Å². The maximum absolute atomic E-state index is 12.8. The molecule has 1 aromatic heterocycles. The standard InChI is InChI=1S/C25H22N2O4S/c1-4-16(2)27-23(28)22(32-25(27)30)13-19-15-26(21-11-6-5-10-20(19)21)14-17-8-7-9-18(12-17)24(29)31-3/h4-13,15-16H,1,14H2,2-3H3/b22-13-/t16-/m0/s1. The average Bonchev–Trinajstić information content (AvgIpc) is 3.29. The molecule has 4 rings (SSSR count). The Morgan fingerprint density at radius 2 is 1.97 bits per heavy atom. The molecule has 0 spiro atoms. The molecule has 0 unspecified atom stereocenters. The summed E-state index contributed by atoms with van der Waals surface area (Å²) in [6.07, 6.45) is 5.30. The molecule has 1 saturated heterocycles. The van der Waals surface area contributed by atoms with Gasteiger partial charge in [0.05, 0.1) is 23.6 Å². The summed E-state index contributed by atoms with van der Waals surface area (Å²) in [5.74, 6) is -0.690. The van der Waals surface area contributed by atoms with Crippen molar-refractivity contribution in [2.75, 3.05) is 7.11 Å². The molecule has 1 fully saturated rings. The minimum absolute atomic E-state index is 0.294. The average molecular weight is 447 g/mol. The van der Waals surface area contributed by atoms with Crippen LogP contribution in [0.2, 0.25) is 0 Å². The second-order valence-electron chi connectivity index (χ2n) is 7.45. The third-order valence-corrected chi connectivity index (χ3v) is 6.26. The Kier molecular flexibility index (Phi) is 6.01. The Labute approximate surface area is 190 Å². The zero-order valence-corrected chi connectivity index (χ0v) is 18.6. The SMILES string of the molecule is C=C[C@H](C)N1C(=O)S/C(=C\c2cn(Cc3cccc(C(=O)OC)c3)c3ccccc23)C1=O. The van der Waals surface area contributed by atoms with Gasteiger partial charge in [0.1, 0.15) is 0 Å². The summed E-state index contributed by atoms with van der Waals surface area (Å²) in [5.41, 5.74) is 3.27. The minimum atomic E-state index is -0.380. The topological polar surface area (TPSA) is 68.6 Å². The number of amides is 2. The predicted molar refractivity (Wildman–Crippen MR) is 126 cm³/mol. The van der Waals surface area contributed by atoms with Gasteiger partial charge in [-0.3, -0.25) is 14.5 Å². The van der Waals surface area contributed by atoms with E-state index in [2.05, 4.69) is 11.1 Å². The number of methoxy groups -OCH3 is 1. The minimum Gasteiger partial charge on any atom is -0.465 e. The normalized spacial score (nSPS) is 16.1. The van der Waals surface area contributed by atoms with Crippen molar-refractivity contribution in [3.63, 3.8) is 0 Å². The van der Waals surface area contributed by atoms with Crippen LogP contribution in [0, 0.1) is 0 Å². The molecule has 0 N–H and O–H groups in total. The van der Waals surface area contributed by atoms with E-state index in [1.165, 1.54) is 12.0 Å². The van der Waals surface area contributed by atoms with Crippen molar-refractivity contribution in [3.8, 4) is 0 Å². The van der Waals surface area contributed by atoms with Crippen LogP contribution in [0.25, 0.3) is 17.0 Å². The van der Waals surface area contributed by atoms with Crippen molar-refractivity contribution >= 4 is 45.9 Å². The Morgan fingerprint density at radius 1 is 1.19 bits per heavy atom. The van der Waals surface area contributed by atoms with Gasteiger partial charge in [0.2, 0.25) is 0 Å². The van der Waals surface area contributed by atoms with E-state index in [0.717, 1.165) is 33.8 Å². The van der Waals surface area contributed by atoms with Crippen LogP contribution in [-0.2, 0) is 16.1 Å². The van der Waals surface area contributed by atoms with Crippen LogP contribution in [0.3, 0.4) is 0 Å². The van der Waals surface area contributed by atoms with Crippen LogP contribution in [0.5, 0.6) is 0 Å². The van der Waals surface area contributed by atoms with Crippen LogP contribution >= 0.6 is 11.8 Å². The Morgan fingerprint density at radius 3 is 2.72 bits per heavy atom. The number of carbonyl (C=O) groups is 3. The fourth-order valence-corrected chi connectivity index (χ4v) is 4.62. The Hall–Kier alpha value is -3.58. The summed E-state index contributed by atoms with van der Waals surface area (Å²) in [5, 5.41) is 0.678. The van der Waals surface area contributed by atoms with E-state index in [0.29, 0.717) is 17.0 Å². The van der Waals surface area contributed by atoms with Gasteiger partial charge >= 0.3 is 5.97 Å². The lowest BCUT2D eigenvalue weighted by molar-refractivity contribution is -0.123. The van der Waals surface area contributed by atoms with E-state index in [4.69, 9.17) is 4.74 Å². The van der Waals surface area contributed by atoms with Crippen molar-refractivity contribution < 1.29 is 19.1 Å². The van der Waals surface area contributed by atoms with Gasteiger partial charge in [-0.05, 0) is 48.5 Å². The molecule has 0 saturated carbocycles.